The Bertz CT molecular complexity index is 371. The van der Waals surface area contributed by atoms with Crippen molar-refractivity contribution in [1.82, 2.24) is 15.5 Å². The van der Waals surface area contributed by atoms with Gasteiger partial charge in [-0.2, -0.15) is 0 Å². The lowest BCUT2D eigenvalue weighted by atomic mass is 9.78. The maximum Gasteiger partial charge on any atom is 0.234 e. The lowest BCUT2D eigenvalue weighted by Gasteiger charge is -2.35. The van der Waals surface area contributed by atoms with Crippen molar-refractivity contribution in [3.8, 4) is 0 Å². The van der Waals surface area contributed by atoms with Gasteiger partial charge in [-0.25, -0.2) is 0 Å². The Balaban J connectivity index is 2.42. The van der Waals surface area contributed by atoms with Crippen molar-refractivity contribution in [3.05, 3.63) is 0 Å². The van der Waals surface area contributed by atoms with E-state index in [4.69, 9.17) is 0 Å². The maximum absolute atomic E-state index is 12.3. The highest BCUT2D eigenvalue weighted by Gasteiger charge is 2.28. The van der Waals surface area contributed by atoms with E-state index in [0.717, 1.165) is 6.42 Å². The molecule has 0 aliphatic heterocycles. The lowest BCUT2D eigenvalue weighted by Crippen LogP contribution is -2.49. The van der Waals surface area contributed by atoms with Gasteiger partial charge in [0.1, 0.15) is 0 Å². The van der Waals surface area contributed by atoms with Crippen molar-refractivity contribution < 1.29 is 9.59 Å². The Morgan fingerprint density at radius 3 is 2.36 bits per heavy atom. The largest absolute Gasteiger partial charge is 0.353 e. The molecule has 0 aromatic rings. The zero-order valence-electron chi connectivity index (χ0n) is 14.8. The predicted molar refractivity (Wildman–Crippen MR) is 89.5 cm³/mol. The number of hydrogen-bond acceptors (Lipinski definition) is 3. The first kappa shape index (κ1) is 18.9. The smallest absolute Gasteiger partial charge is 0.234 e. The van der Waals surface area contributed by atoms with E-state index in [9.17, 15) is 9.59 Å². The van der Waals surface area contributed by atoms with Gasteiger partial charge in [0.2, 0.25) is 11.8 Å². The van der Waals surface area contributed by atoms with Gasteiger partial charge in [-0.1, -0.05) is 33.6 Å². The highest BCUT2D eigenvalue weighted by molar-refractivity contribution is 5.81. The molecule has 0 aromatic heterocycles. The molecule has 1 aliphatic carbocycles. The second-order valence-corrected chi connectivity index (χ2v) is 6.97. The molecule has 1 rings (SSSR count). The summed E-state index contributed by atoms with van der Waals surface area (Å²) in [5.74, 6) is 1.20. The van der Waals surface area contributed by atoms with Crippen LogP contribution in [0.4, 0.5) is 0 Å². The minimum Gasteiger partial charge on any atom is -0.353 e. The quantitative estimate of drug-likeness (QED) is 0.753. The highest BCUT2D eigenvalue weighted by Crippen LogP contribution is 2.29. The van der Waals surface area contributed by atoms with Crippen molar-refractivity contribution in [1.29, 1.82) is 0 Å². The molecular weight excluding hydrogens is 278 g/mol. The topological polar surface area (TPSA) is 61.4 Å². The molecule has 2 N–H and O–H groups in total. The van der Waals surface area contributed by atoms with Crippen molar-refractivity contribution in [2.75, 3.05) is 19.6 Å². The van der Waals surface area contributed by atoms with Crippen LogP contribution < -0.4 is 10.6 Å². The Morgan fingerprint density at radius 1 is 1.14 bits per heavy atom. The molecule has 1 saturated carbocycles. The molecule has 1 aliphatic rings. The second-order valence-electron chi connectivity index (χ2n) is 6.97. The Kier molecular flexibility index (Phi) is 7.87. The zero-order chi connectivity index (χ0) is 16.7. The average molecular weight is 311 g/mol. The van der Waals surface area contributed by atoms with Gasteiger partial charge in [0.05, 0.1) is 13.1 Å². The number of nitrogens with one attached hydrogen (secondary N) is 2. The molecular formula is C17H33N3O2. The van der Waals surface area contributed by atoms with Crippen LogP contribution in [0.1, 0.15) is 53.9 Å². The van der Waals surface area contributed by atoms with E-state index in [1.165, 1.54) is 12.8 Å². The number of nitrogens with zero attached hydrogens (tertiary/aromatic N) is 1. The van der Waals surface area contributed by atoms with Crippen LogP contribution in [-0.4, -0.2) is 48.4 Å². The number of rotatable bonds is 7. The second kappa shape index (κ2) is 9.13. The van der Waals surface area contributed by atoms with Crippen LogP contribution >= 0.6 is 0 Å². The van der Waals surface area contributed by atoms with Crippen molar-refractivity contribution in [3.63, 3.8) is 0 Å². The summed E-state index contributed by atoms with van der Waals surface area (Å²) < 4.78 is 0. The molecule has 0 aromatic carbocycles. The monoisotopic (exact) mass is 311 g/mol. The number of carbonyl (C=O) groups is 2. The van der Waals surface area contributed by atoms with E-state index < -0.39 is 0 Å². The van der Waals surface area contributed by atoms with E-state index in [1.807, 2.05) is 25.7 Å². The average Bonchev–Trinajstić information content (AvgIpc) is 2.42. The van der Waals surface area contributed by atoms with Gasteiger partial charge in [0, 0.05) is 12.1 Å². The summed E-state index contributed by atoms with van der Waals surface area (Å²) in [6.07, 6.45) is 3.51. The molecule has 0 radical (unpaired) electrons. The molecule has 0 heterocycles. The van der Waals surface area contributed by atoms with E-state index in [-0.39, 0.29) is 30.4 Å². The van der Waals surface area contributed by atoms with Crippen molar-refractivity contribution >= 4 is 11.8 Å². The van der Waals surface area contributed by atoms with Crippen LogP contribution in [0.15, 0.2) is 0 Å². The van der Waals surface area contributed by atoms with E-state index in [0.29, 0.717) is 24.9 Å². The third-order valence-corrected chi connectivity index (χ3v) is 4.68. The fourth-order valence-corrected chi connectivity index (χ4v) is 3.09. The summed E-state index contributed by atoms with van der Waals surface area (Å²) >= 11 is 0. The van der Waals surface area contributed by atoms with Gasteiger partial charge in [-0.15, -0.1) is 0 Å². The number of amides is 2. The Morgan fingerprint density at radius 2 is 1.77 bits per heavy atom. The molecule has 0 bridgehead atoms. The van der Waals surface area contributed by atoms with Gasteiger partial charge in [-0.05, 0) is 38.6 Å². The number of hydrogen-bond donors (Lipinski definition) is 2. The standard InChI is InChI=1S/C17H33N3O2/c1-6-20(10-16(21)18-12(2)3)11-17(22)19-15-9-7-8-13(4)14(15)5/h12-15H,6-11H2,1-5H3,(H,18,21)(H,19,22)/t13-,14+,15+/m1/s1. The number of likely N-dealkylation sites (N-methyl/N-ethyl adjacent to an activating group) is 1. The minimum atomic E-state index is -0.0238. The first-order chi connectivity index (χ1) is 10.3. The van der Waals surface area contributed by atoms with Gasteiger partial charge >= 0.3 is 0 Å². The van der Waals surface area contributed by atoms with Crippen molar-refractivity contribution in [2.45, 2.75) is 66.0 Å². The lowest BCUT2D eigenvalue weighted by molar-refractivity contribution is -0.126. The number of carbonyl (C=O) groups excluding carboxylic acids is 2. The van der Waals surface area contributed by atoms with E-state index >= 15 is 0 Å². The third-order valence-electron chi connectivity index (χ3n) is 4.68. The molecule has 128 valence electrons. The van der Waals surface area contributed by atoms with Gasteiger partial charge in [-0.3, -0.25) is 14.5 Å². The van der Waals surface area contributed by atoms with Gasteiger partial charge < -0.3 is 10.6 Å². The molecule has 3 atom stereocenters. The summed E-state index contributed by atoms with van der Waals surface area (Å²) in [7, 11) is 0. The van der Waals surface area contributed by atoms with Crippen LogP contribution in [0.2, 0.25) is 0 Å². The molecule has 0 unspecified atom stereocenters. The van der Waals surface area contributed by atoms with Crippen LogP contribution in [0, 0.1) is 11.8 Å². The molecule has 5 nitrogen and oxygen atoms in total. The summed E-state index contributed by atoms with van der Waals surface area (Å²) in [4.78, 5) is 25.9. The third kappa shape index (κ3) is 6.34. The van der Waals surface area contributed by atoms with Gasteiger partial charge in [0.15, 0.2) is 0 Å². The van der Waals surface area contributed by atoms with Crippen molar-refractivity contribution in [2.24, 2.45) is 11.8 Å². The van der Waals surface area contributed by atoms with Crippen LogP contribution in [0.25, 0.3) is 0 Å². The normalized spacial score (nSPS) is 25.3. The predicted octanol–water partition coefficient (Wildman–Crippen LogP) is 1.77. The first-order valence-electron chi connectivity index (χ1n) is 8.64. The zero-order valence-corrected chi connectivity index (χ0v) is 14.8. The minimum absolute atomic E-state index is 0.0238. The fraction of sp³-hybridized carbons (Fsp3) is 0.882. The molecule has 22 heavy (non-hydrogen) atoms. The SMILES string of the molecule is CCN(CC(=O)NC(C)C)CC(=O)N[C@H]1CCC[C@@H](C)[C@@H]1C. The van der Waals surface area contributed by atoms with E-state index in [2.05, 4.69) is 24.5 Å². The summed E-state index contributed by atoms with van der Waals surface area (Å²) in [5.41, 5.74) is 0. The first-order valence-corrected chi connectivity index (χ1v) is 8.64. The maximum atomic E-state index is 12.3. The molecule has 1 fully saturated rings. The molecule has 2 amide bonds. The van der Waals surface area contributed by atoms with Gasteiger partial charge in [0.25, 0.3) is 0 Å². The Hall–Kier alpha value is -1.10. The molecule has 0 spiro atoms. The Labute approximate surface area is 135 Å². The summed E-state index contributed by atoms with van der Waals surface area (Å²) in [6, 6.07) is 0.407. The highest BCUT2D eigenvalue weighted by atomic mass is 16.2. The van der Waals surface area contributed by atoms with Crippen LogP contribution in [0.5, 0.6) is 0 Å². The summed E-state index contributed by atoms with van der Waals surface area (Å²) in [5, 5.41) is 6.03. The van der Waals surface area contributed by atoms with Crippen LogP contribution in [0.3, 0.4) is 0 Å². The molecule has 0 saturated heterocycles. The van der Waals surface area contributed by atoms with E-state index in [1.54, 1.807) is 0 Å². The van der Waals surface area contributed by atoms with Crippen LogP contribution in [-0.2, 0) is 9.59 Å². The molecule has 5 heteroatoms. The fourth-order valence-electron chi connectivity index (χ4n) is 3.09. The summed E-state index contributed by atoms with van der Waals surface area (Å²) in [6.45, 7) is 11.6.